The van der Waals surface area contributed by atoms with Crippen LogP contribution >= 0.6 is 0 Å². The Morgan fingerprint density at radius 1 is 0.333 bits per heavy atom. The Hall–Kier alpha value is -6.38. The zero-order chi connectivity index (χ0) is 31.6. The molecular formula is C46H28O2. The van der Waals surface area contributed by atoms with Crippen LogP contribution in [0.15, 0.2) is 179 Å². The van der Waals surface area contributed by atoms with Crippen LogP contribution in [0.4, 0.5) is 0 Å². The highest BCUT2D eigenvalue weighted by Crippen LogP contribution is 2.48. The van der Waals surface area contributed by atoms with Crippen LogP contribution < -0.4 is 0 Å². The molecule has 0 amide bonds. The predicted octanol–water partition coefficient (Wildman–Crippen LogP) is 13.3. The molecule has 2 aromatic heterocycles. The summed E-state index contributed by atoms with van der Waals surface area (Å²) in [5, 5.41) is 8.23. The van der Waals surface area contributed by atoms with Gasteiger partial charge in [-0.2, -0.15) is 0 Å². The van der Waals surface area contributed by atoms with Gasteiger partial charge in [0, 0.05) is 27.3 Å². The summed E-state index contributed by atoms with van der Waals surface area (Å²) >= 11 is 0. The summed E-state index contributed by atoms with van der Waals surface area (Å²) in [6.45, 7) is 0. The van der Waals surface area contributed by atoms with Crippen LogP contribution in [-0.4, -0.2) is 0 Å². The minimum Gasteiger partial charge on any atom is -0.456 e. The Morgan fingerprint density at radius 3 is 1.58 bits per heavy atom. The molecule has 8 aromatic carbocycles. The first-order valence-corrected chi connectivity index (χ1v) is 16.3. The molecule has 0 aliphatic rings. The fourth-order valence-electron chi connectivity index (χ4n) is 7.55. The van der Waals surface area contributed by atoms with Crippen molar-refractivity contribution in [2.75, 3.05) is 0 Å². The summed E-state index contributed by atoms with van der Waals surface area (Å²) < 4.78 is 13.0. The van der Waals surface area contributed by atoms with E-state index in [4.69, 9.17) is 8.83 Å². The first-order valence-electron chi connectivity index (χ1n) is 16.3. The highest BCUT2D eigenvalue weighted by molar-refractivity contribution is 6.26. The van der Waals surface area contributed by atoms with Crippen molar-refractivity contribution in [1.82, 2.24) is 0 Å². The van der Waals surface area contributed by atoms with Crippen molar-refractivity contribution >= 4 is 54.5 Å². The fourth-order valence-corrected chi connectivity index (χ4v) is 7.55. The number of hydrogen-bond donors (Lipinski definition) is 0. The van der Waals surface area contributed by atoms with E-state index < -0.39 is 0 Å². The normalized spacial score (nSPS) is 11.8. The monoisotopic (exact) mass is 612 g/mol. The predicted molar refractivity (Wildman–Crippen MR) is 200 cm³/mol. The van der Waals surface area contributed by atoms with Gasteiger partial charge in [-0.1, -0.05) is 140 Å². The highest BCUT2D eigenvalue weighted by Gasteiger charge is 2.22. The van der Waals surface area contributed by atoms with Crippen molar-refractivity contribution in [2.24, 2.45) is 0 Å². The van der Waals surface area contributed by atoms with Crippen LogP contribution in [0.1, 0.15) is 0 Å². The van der Waals surface area contributed by atoms with Gasteiger partial charge >= 0.3 is 0 Å². The molecule has 0 atom stereocenters. The van der Waals surface area contributed by atoms with Crippen LogP contribution in [0.3, 0.4) is 0 Å². The van der Waals surface area contributed by atoms with E-state index in [1.807, 2.05) is 24.3 Å². The molecule has 48 heavy (non-hydrogen) atoms. The highest BCUT2D eigenvalue weighted by atomic mass is 16.3. The third kappa shape index (κ3) is 4.06. The Kier molecular flexibility index (Phi) is 5.91. The van der Waals surface area contributed by atoms with E-state index in [2.05, 4.69) is 146 Å². The SMILES string of the molecule is c1ccc(-c2cc3cc(-c4ccc(-c5c6ccccc6c(-c6ccccc6)c6ccccc56)c5c4oc4ccccc45)ccc3o2)cc1. The molecule has 2 heteroatoms. The van der Waals surface area contributed by atoms with Gasteiger partial charge in [-0.3, -0.25) is 0 Å². The van der Waals surface area contributed by atoms with Gasteiger partial charge in [0.25, 0.3) is 0 Å². The van der Waals surface area contributed by atoms with E-state index >= 15 is 0 Å². The Labute approximate surface area is 277 Å². The maximum absolute atomic E-state index is 6.78. The quantitative estimate of drug-likeness (QED) is 0.185. The molecule has 2 nitrogen and oxygen atoms in total. The Morgan fingerprint density at radius 2 is 0.896 bits per heavy atom. The van der Waals surface area contributed by atoms with E-state index in [-0.39, 0.29) is 0 Å². The smallest absolute Gasteiger partial charge is 0.143 e. The number of benzene rings is 8. The number of hydrogen-bond acceptors (Lipinski definition) is 2. The van der Waals surface area contributed by atoms with Crippen molar-refractivity contribution < 1.29 is 8.83 Å². The molecule has 0 fully saturated rings. The van der Waals surface area contributed by atoms with Crippen LogP contribution in [-0.2, 0) is 0 Å². The molecule has 10 rings (SSSR count). The summed E-state index contributed by atoms with van der Waals surface area (Å²) in [6, 6.07) is 60.1. The maximum atomic E-state index is 6.78. The molecule has 0 aliphatic heterocycles. The van der Waals surface area contributed by atoms with E-state index in [9.17, 15) is 0 Å². The summed E-state index contributed by atoms with van der Waals surface area (Å²) in [5.41, 5.74) is 10.7. The van der Waals surface area contributed by atoms with Gasteiger partial charge in [0.15, 0.2) is 0 Å². The van der Waals surface area contributed by atoms with Crippen molar-refractivity contribution in [3.63, 3.8) is 0 Å². The molecule has 224 valence electrons. The molecule has 10 aromatic rings. The summed E-state index contributed by atoms with van der Waals surface area (Å²) in [4.78, 5) is 0. The topological polar surface area (TPSA) is 26.3 Å². The molecule has 0 saturated carbocycles. The summed E-state index contributed by atoms with van der Waals surface area (Å²) in [6.07, 6.45) is 0. The average molecular weight is 613 g/mol. The second kappa shape index (κ2) is 10.6. The summed E-state index contributed by atoms with van der Waals surface area (Å²) in [7, 11) is 0. The van der Waals surface area contributed by atoms with E-state index in [0.717, 1.165) is 55.4 Å². The summed E-state index contributed by atoms with van der Waals surface area (Å²) in [5.74, 6) is 0.865. The fraction of sp³-hybridized carbons (Fsp3) is 0. The minimum atomic E-state index is 0.865. The van der Waals surface area contributed by atoms with Gasteiger partial charge in [-0.05, 0) is 79.7 Å². The van der Waals surface area contributed by atoms with Gasteiger partial charge in [0.1, 0.15) is 22.5 Å². The molecule has 0 aliphatic carbocycles. The number of para-hydroxylation sites is 1. The van der Waals surface area contributed by atoms with Gasteiger partial charge < -0.3 is 8.83 Å². The Balaban J connectivity index is 1.26. The minimum absolute atomic E-state index is 0.865. The lowest BCUT2D eigenvalue weighted by Gasteiger charge is -2.18. The molecule has 0 saturated heterocycles. The van der Waals surface area contributed by atoms with Crippen LogP contribution in [0.5, 0.6) is 0 Å². The van der Waals surface area contributed by atoms with Gasteiger partial charge in [-0.15, -0.1) is 0 Å². The van der Waals surface area contributed by atoms with Crippen molar-refractivity contribution in [3.05, 3.63) is 170 Å². The third-order valence-electron chi connectivity index (χ3n) is 9.68. The lowest BCUT2D eigenvalue weighted by Crippen LogP contribution is -1.91. The van der Waals surface area contributed by atoms with Crippen LogP contribution in [0.25, 0.3) is 99.2 Å². The molecule has 0 spiro atoms. The van der Waals surface area contributed by atoms with Gasteiger partial charge in [0.05, 0.1) is 0 Å². The standard InChI is InChI=1S/C46H28O2/c1-3-13-29(14-4-1)42-28-32-27-31(23-26-40(32)47-42)33-24-25-39(45-38-21-11-12-22-41(38)48-46(33)45)44-36-19-9-7-17-34(36)43(30-15-5-2-6-16-30)35-18-8-10-20-37(35)44/h1-28H. The van der Waals surface area contributed by atoms with E-state index in [1.165, 1.54) is 43.8 Å². The maximum Gasteiger partial charge on any atom is 0.143 e. The van der Waals surface area contributed by atoms with Crippen molar-refractivity contribution in [3.8, 4) is 44.7 Å². The largest absolute Gasteiger partial charge is 0.456 e. The van der Waals surface area contributed by atoms with Crippen LogP contribution in [0.2, 0.25) is 0 Å². The van der Waals surface area contributed by atoms with Gasteiger partial charge in [0.2, 0.25) is 0 Å². The van der Waals surface area contributed by atoms with E-state index in [0.29, 0.717) is 0 Å². The second-order valence-corrected chi connectivity index (χ2v) is 12.4. The van der Waals surface area contributed by atoms with Crippen molar-refractivity contribution in [2.45, 2.75) is 0 Å². The number of fused-ring (bicyclic) bond motifs is 6. The first-order chi connectivity index (χ1) is 23.8. The number of furan rings is 2. The average Bonchev–Trinajstić information content (AvgIpc) is 3.76. The second-order valence-electron chi connectivity index (χ2n) is 12.4. The molecule has 2 heterocycles. The molecule has 0 unspecified atom stereocenters. The zero-order valence-corrected chi connectivity index (χ0v) is 26.0. The van der Waals surface area contributed by atoms with Crippen LogP contribution in [0, 0.1) is 0 Å². The first kappa shape index (κ1) is 26.8. The molecule has 0 N–H and O–H groups in total. The number of rotatable bonds is 4. The third-order valence-corrected chi connectivity index (χ3v) is 9.68. The van der Waals surface area contributed by atoms with Crippen molar-refractivity contribution in [1.29, 1.82) is 0 Å². The lowest BCUT2D eigenvalue weighted by atomic mass is 9.84. The van der Waals surface area contributed by atoms with Gasteiger partial charge in [-0.25, -0.2) is 0 Å². The molecule has 0 bridgehead atoms. The molecular weight excluding hydrogens is 585 g/mol. The zero-order valence-electron chi connectivity index (χ0n) is 26.0. The lowest BCUT2D eigenvalue weighted by molar-refractivity contribution is 0.631. The van der Waals surface area contributed by atoms with E-state index in [1.54, 1.807) is 0 Å². The molecule has 0 radical (unpaired) electrons. The Bertz CT molecular complexity index is 2760.